The van der Waals surface area contributed by atoms with Gasteiger partial charge in [-0.25, -0.2) is 4.98 Å². The van der Waals surface area contributed by atoms with Gasteiger partial charge in [0.15, 0.2) is 0 Å². The van der Waals surface area contributed by atoms with Gasteiger partial charge in [-0.05, 0) is 44.7 Å². The minimum absolute atomic E-state index is 0.175. The van der Waals surface area contributed by atoms with Gasteiger partial charge in [0.2, 0.25) is 0 Å². The molecule has 5 nitrogen and oxygen atoms in total. The van der Waals surface area contributed by atoms with Crippen LogP contribution in [-0.2, 0) is 17.9 Å². The summed E-state index contributed by atoms with van der Waals surface area (Å²) in [5.41, 5.74) is 0. The van der Waals surface area contributed by atoms with Crippen molar-refractivity contribution in [3.05, 3.63) is 40.1 Å². The molecule has 6 heteroatoms. The maximum absolute atomic E-state index is 12.9. The molecule has 1 fully saturated rings. The van der Waals surface area contributed by atoms with Gasteiger partial charge in [0, 0.05) is 43.5 Å². The number of ether oxygens (including phenoxy) is 1. The van der Waals surface area contributed by atoms with E-state index in [1.54, 1.807) is 18.4 Å². The number of rotatable bonds is 6. The Morgan fingerprint density at radius 2 is 2.29 bits per heavy atom. The Labute approximate surface area is 147 Å². The van der Waals surface area contributed by atoms with Crippen LogP contribution in [0.25, 0.3) is 0 Å². The second kappa shape index (κ2) is 7.94. The Bertz CT molecular complexity index is 679. The van der Waals surface area contributed by atoms with E-state index in [4.69, 9.17) is 4.74 Å². The molecular weight excluding hydrogens is 322 g/mol. The Kier molecular flexibility index (Phi) is 5.68. The molecule has 0 saturated carbocycles. The van der Waals surface area contributed by atoms with Gasteiger partial charge >= 0.3 is 0 Å². The number of nitrogens with zero attached hydrogens (tertiary/aromatic N) is 3. The summed E-state index contributed by atoms with van der Waals surface area (Å²) in [5, 5.41) is 0. The number of methoxy groups -OCH3 is 1. The lowest BCUT2D eigenvalue weighted by Crippen LogP contribution is -2.44. The van der Waals surface area contributed by atoms with Crippen LogP contribution >= 0.6 is 11.3 Å². The molecule has 0 bridgehead atoms. The first-order chi connectivity index (χ1) is 11.7. The minimum atomic E-state index is 0.175. The molecule has 1 saturated heterocycles. The van der Waals surface area contributed by atoms with Gasteiger partial charge in [0.25, 0.3) is 5.91 Å². The summed E-state index contributed by atoms with van der Waals surface area (Å²) in [7, 11) is 1.68. The van der Waals surface area contributed by atoms with Crippen molar-refractivity contribution in [3.8, 4) is 0 Å². The van der Waals surface area contributed by atoms with Crippen molar-refractivity contribution in [2.75, 3.05) is 13.7 Å². The van der Waals surface area contributed by atoms with E-state index in [0.29, 0.717) is 12.6 Å². The Morgan fingerprint density at radius 1 is 1.42 bits per heavy atom. The van der Waals surface area contributed by atoms with Crippen molar-refractivity contribution in [2.45, 2.75) is 51.8 Å². The van der Waals surface area contributed by atoms with Crippen molar-refractivity contribution >= 4 is 17.2 Å². The molecule has 1 aliphatic heterocycles. The minimum Gasteiger partial charge on any atom is -0.379 e. The maximum Gasteiger partial charge on any atom is 0.264 e. The first-order valence-corrected chi connectivity index (χ1v) is 9.37. The molecule has 1 amide bonds. The van der Waals surface area contributed by atoms with E-state index >= 15 is 0 Å². The molecule has 0 radical (unpaired) electrons. The number of aromatic nitrogens is 2. The molecule has 130 valence electrons. The number of hydrogen-bond acceptors (Lipinski definition) is 4. The normalized spacial score (nSPS) is 18.1. The molecule has 0 N–H and O–H groups in total. The first-order valence-electron chi connectivity index (χ1n) is 8.55. The summed E-state index contributed by atoms with van der Waals surface area (Å²) in [4.78, 5) is 21.2. The van der Waals surface area contributed by atoms with Crippen molar-refractivity contribution in [2.24, 2.45) is 0 Å². The highest BCUT2D eigenvalue weighted by Crippen LogP contribution is 2.26. The van der Waals surface area contributed by atoms with Gasteiger partial charge in [-0.15, -0.1) is 11.3 Å². The molecule has 3 heterocycles. The number of carbonyl (C=O) groups is 1. The summed E-state index contributed by atoms with van der Waals surface area (Å²) in [6.45, 7) is 4.37. The number of hydrogen-bond donors (Lipinski definition) is 0. The third-order valence-electron chi connectivity index (χ3n) is 4.67. The molecule has 0 aromatic carbocycles. The van der Waals surface area contributed by atoms with E-state index in [-0.39, 0.29) is 5.91 Å². The first kappa shape index (κ1) is 17.2. The summed E-state index contributed by atoms with van der Waals surface area (Å²) in [6, 6.07) is 4.25. The average Bonchev–Trinajstić information content (AvgIpc) is 3.22. The van der Waals surface area contributed by atoms with E-state index in [2.05, 4.69) is 14.5 Å². The van der Waals surface area contributed by atoms with Gasteiger partial charge in [0.1, 0.15) is 5.82 Å². The van der Waals surface area contributed by atoms with E-state index in [1.165, 1.54) is 6.42 Å². The quantitative estimate of drug-likeness (QED) is 0.804. The van der Waals surface area contributed by atoms with Gasteiger partial charge < -0.3 is 14.2 Å². The van der Waals surface area contributed by atoms with Crippen LogP contribution in [0.1, 0.15) is 46.1 Å². The van der Waals surface area contributed by atoms with Gasteiger partial charge in [-0.1, -0.05) is 0 Å². The van der Waals surface area contributed by atoms with E-state index in [0.717, 1.165) is 47.9 Å². The summed E-state index contributed by atoms with van der Waals surface area (Å²) < 4.78 is 7.32. The highest BCUT2D eigenvalue weighted by atomic mass is 32.1. The zero-order valence-electron chi connectivity index (χ0n) is 14.4. The van der Waals surface area contributed by atoms with Crippen LogP contribution in [0, 0.1) is 6.92 Å². The van der Waals surface area contributed by atoms with Crippen LogP contribution in [0.4, 0.5) is 0 Å². The Balaban J connectivity index is 1.66. The summed E-state index contributed by atoms with van der Waals surface area (Å²) >= 11 is 1.55. The fraction of sp³-hybridized carbons (Fsp3) is 0.556. The molecule has 2 aromatic rings. The van der Waals surface area contributed by atoms with Gasteiger partial charge in [0.05, 0.1) is 11.5 Å². The van der Waals surface area contributed by atoms with Crippen molar-refractivity contribution in [1.29, 1.82) is 0 Å². The predicted octanol–water partition coefficient (Wildman–Crippen LogP) is 3.48. The summed E-state index contributed by atoms with van der Waals surface area (Å²) in [6.07, 6.45) is 8.23. The standard InChI is InChI=1S/C18H25N3O2S/c1-14-19-9-12-20(14)11-8-15-5-3-4-10-21(15)18(22)17-7-6-16(24-17)13-23-2/h6-7,9,12,15H,3-5,8,10-11,13H2,1-2H3. The smallest absolute Gasteiger partial charge is 0.264 e. The number of imidazole rings is 1. The zero-order valence-corrected chi connectivity index (χ0v) is 15.2. The second-order valence-corrected chi connectivity index (χ2v) is 7.47. The Hall–Kier alpha value is -1.66. The highest BCUT2D eigenvalue weighted by molar-refractivity contribution is 7.14. The SMILES string of the molecule is COCc1ccc(C(=O)N2CCCCC2CCn2ccnc2C)s1. The lowest BCUT2D eigenvalue weighted by Gasteiger charge is -2.35. The molecule has 0 aliphatic carbocycles. The molecule has 0 spiro atoms. The molecular formula is C18H25N3O2S. The average molecular weight is 347 g/mol. The highest BCUT2D eigenvalue weighted by Gasteiger charge is 2.28. The number of thiophene rings is 1. The van der Waals surface area contributed by atoms with Gasteiger partial charge in [-0.3, -0.25) is 4.79 Å². The fourth-order valence-corrected chi connectivity index (χ4v) is 4.29. The third kappa shape index (κ3) is 3.87. The Morgan fingerprint density at radius 3 is 3.04 bits per heavy atom. The second-order valence-electron chi connectivity index (χ2n) is 6.30. The maximum atomic E-state index is 12.9. The number of likely N-dealkylation sites (tertiary alicyclic amines) is 1. The molecule has 2 aromatic heterocycles. The van der Waals surface area contributed by atoms with Crippen LogP contribution in [-0.4, -0.2) is 40.1 Å². The van der Waals surface area contributed by atoms with E-state index in [1.807, 2.05) is 31.5 Å². The van der Waals surface area contributed by atoms with Crippen molar-refractivity contribution < 1.29 is 9.53 Å². The van der Waals surface area contributed by atoms with Gasteiger partial charge in [-0.2, -0.15) is 0 Å². The number of carbonyl (C=O) groups excluding carboxylic acids is 1. The third-order valence-corrected chi connectivity index (χ3v) is 5.72. The predicted molar refractivity (Wildman–Crippen MR) is 95.3 cm³/mol. The number of amides is 1. The van der Waals surface area contributed by atoms with Crippen molar-refractivity contribution in [3.63, 3.8) is 0 Å². The molecule has 3 rings (SSSR count). The topological polar surface area (TPSA) is 47.4 Å². The van der Waals surface area contributed by atoms with Crippen LogP contribution in [0.5, 0.6) is 0 Å². The molecule has 24 heavy (non-hydrogen) atoms. The lowest BCUT2D eigenvalue weighted by atomic mass is 9.99. The number of aryl methyl sites for hydroxylation is 2. The molecule has 1 atom stereocenters. The van der Waals surface area contributed by atoms with Crippen molar-refractivity contribution in [1.82, 2.24) is 14.5 Å². The summed E-state index contributed by atoms with van der Waals surface area (Å²) in [5.74, 6) is 1.21. The molecule has 1 unspecified atom stereocenters. The monoisotopic (exact) mass is 347 g/mol. The van der Waals surface area contributed by atoms with Crippen LogP contribution < -0.4 is 0 Å². The van der Waals surface area contributed by atoms with Crippen LogP contribution in [0.2, 0.25) is 0 Å². The lowest BCUT2D eigenvalue weighted by molar-refractivity contribution is 0.0600. The van der Waals surface area contributed by atoms with E-state index < -0.39 is 0 Å². The molecule has 1 aliphatic rings. The largest absolute Gasteiger partial charge is 0.379 e. The van der Waals surface area contributed by atoms with E-state index in [9.17, 15) is 4.79 Å². The number of piperidine rings is 1. The fourth-order valence-electron chi connectivity index (χ4n) is 3.35. The van der Waals surface area contributed by atoms with Crippen LogP contribution in [0.3, 0.4) is 0 Å². The van der Waals surface area contributed by atoms with Crippen LogP contribution in [0.15, 0.2) is 24.5 Å². The zero-order chi connectivity index (χ0) is 16.9.